The number of carbonyl (C=O) groups is 4. The van der Waals surface area contributed by atoms with Crippen molar-refractivity contribution >= 4 is 35.0 Å². The number of likely N-dealkylation sites (tertiary alicyclic amines) is 1. The van der Waals surface area contributed by atoms with E-state index in [9.17, 15) is 24.3 Å². The molecule has 2 aliphatic heterocycles. The van der Waals surface area contributed by atoms with Crippen LogP contribution in [-0.2, 0) is 36.9 Å². The standard InChI is InChI=1S/C39H50N4O8S/c1-24(2)34(43-21-28-10-7-8-11-30(28)37(43)47)38(48)42-22-29(44)19-31(42)36(46)40-20-27-13-12-26(35-25(3)41-23-52-35)18-32(27)50-16-9-15-49-17-14-33(45)51-39(4,5)6/h7-8,10-13,18,23-24,29,31,34,44H,9,14-17,19-22H2,1-6H3,(H,40,46)/t29-,31+,34+/m1/s1. The summed E-state index contributed by atoms with van der Waals surface area (Å²) in [6.07, 6.45) is -0.0339. The second-order valence-corrected chi connectivity index (χ2v) is 15.5. The van der Waals surface area contributed by atoms with Gasteiger partial charge in [0, 0.05) is 50.2 Å². The molecular formula is C39H50N4O8S. The molecule has 0 aliphatic carbocycles. The molecule has 0 spiro atoms. The van der Waals surface area contributed by atoms with Crippen molar-refractivity contribution in [2.24, 2.45) is 5.92 Å². The van der Waals surface area contributed by atoms with Crippen LogP contribution in [0.3, 0.4) is 0 Å². The second-order valence-electron chi connectivity index (χ2n) is 14.6. The number of aromatic nitrogens is 1. The Labute approximate surface area is 309 Å². The SMILES string of the molecule is Cc1ncsc1-c1ccc(CNC(=O)[C@@H]2C[C@@H](O)CN2C(=O)[C@H](C(C)C)N2Cc3ccccc3C2=O)c(OCCCOCCC(=O)OC(C)(C)C)c1. The number of carbonyl (C=O) groups excluding carboxylic acids is 4. The van der Waals surface area contributed by atoms with Crippen LogP contribution in [0.5, 0.6) is 5.75 Å². The molecule has 0 unspecified atom stereocenters. The number of hydrogen-bond acceptors (Lipinski definition) is 10. The van der Waals surface area contributed by atoms with Gasteiger partial charge >= 0.3 is 5.97 Å². The highest BCUT2D eigenvalue weighted by Gasteiger charge is 2.45. The van der Waals surface area contributed by atoms with Gasteiger partial charge in [0.15, 0.2) is 0 Å². The van der Waals surface area contributed by atoms with E-state index in [0.717, 1.165) is 27.3 Å². The number of aliphatic hydroxyl groups excluding tert-OH is 1. The van der Waals surface area contributed by atoms with Crippen LogP contribution in [0, 0.1) is 12.8 Å². The van der Waals surface area contributed by atoms with Gasteiger partial charge in [-0.15, -0.1) is 11.3 Å². The molecule has 3 atom stereocenters. The number of benzene rings is 2. The van der Waals surface area contributed by atoms with Gasteiger partial charge < -0.3 is 34.4 Å². The Kier molecular flexibility index (Phi) is 12.7. The van der Waals surface area contributed by atoms with Crippen LogP contribution >= 0.6 is 11.3 Å². The Hall–Kier alpha value is -4.33. The van der Waals surface area contributed by atoms with E-state index in [2.05, 4.69) is 10.3 Å². The summed E-state index contributed by atoms with van der Waals surface area (Å²) in [4.78, 5) is 61.5. The Balaban J connectivity index is 1.22. The molecule has 280 valence electrons. The molecule has 3 heterocycles. The zero-order valence-corrected chi connectivity index (χ0v) is 31.7. The highest BCUT2D eigenvalue weighted by Crippen LogP contribution is 2.33. The van der Waals surface area contributed by atoms with E-state index in [1.165, 1.54) is 16.2 Å². The number of nitrogens with zero attached hydrogens (tertiary/aromatic N) is 3. The number of ether oxygens (including phenoxy) is 3. The topological polar surface area (TPSA) is 148 Å². The van der Waals surface area contributed by atoms with E-state index in [4.69, 9.17) is 14.2 Å². The molecule has 1 aromatic heterocycles. The minimum absolute atomic E-state index is 0.00617. The molecule has 1 saturated heterocycles. The van der Waals surface area contributed by atoms with Gasteiger partial charge in [0.1, 0.15) is 23.4 Å². The summed E-state index contributed by atoms with van der Waals surface area (Å²) >= 11 is 1.53. The van der Waals surface area contributed by atoms with Crippen molar-refractivity contribution in [3.05, 3.63) is 70.4 Å². The first kappa shape index (κ1) is 38.9. The third-order valence-corrected chi connectivity index (χ3v) is 10.0. The number of nitrogens with one attached hydrogen (secondary N) is 1. The number of aryl methyl sites for hydroxylation is 1. The van der Waals surface area contributed by atoms with Gasteiger partial charge in [0.25, 0.3) is 5.91 Å². The van der Waals surface area contributed by atoms with E-state index in [-0.39, 0.29) is 56.2 Å². The highest BCUT2D eigenvalue weighted by molar-refractivity contribution is 7.13. The van der Waals surface area contributed by atoms with Crippen LogP contribution in [0.1, 0.15) is 81.1 Å². The zero-order chi connectivity index (χ0) is 37.6. The van der Waals surface area contributed by atoms with Crippen LogP contribution in [-0.4, -0.2) is 93.7 Å². The Morgan fingerprint density at radius 3 is 2.56 bits per heavy atom. The quantitative estimate of drug-likeness (QED) is 0.165. The lowest BCUT2D eigenvalue weighted by Crippen LogP contribution is -2.55. The van der Waals surface area contributed by atoms with E-state index < -0.39 is 29.7 Å². The summed E-state index contributed by atoms with van der Waals surface area (Å²) in [6.45, 7) is 12.6. The number of fused-ring (bicyclic) bond motifs is 1. The number of esters is 1. The van der Waals surface area contributed by atoms with E-state index in [1.54, 1.807) is 22.5 Å². The average molecular weight is 735 g/mol. The molecule has 0 saturated carbocycles. The average Bonchev–Trinajstić information content (AvgIpc) is 3.79. The molecule has 3 aromatic rings. The fraction of sp³-hybridized carbons (Fsp3) is 0.513. The summed E-state index contributed by atoms with van der Waals surface area (Å²) in [5.41, 5.74) is 5.27. The van der Waals surface area contributed by atoms with Gasteiger partial charge in [-0.25, -0.2) is 4.98 Å². The van der Waals surface area contributed by atoms with Crippen LogP contribution < -0.4 is 10.1 Å². The molecule has 0 radical (unpaired) electrons. The van der Waals surface area contributed by atoms with Gasteiger partial charge in [0.2, 0.25) is 11.8 Å². The molecule has 2 N–H and O–H groups in total. The molecule has 2 aliphatic rings. The smallest absolute Gasteiger partial charge is 0.308 e. The van der Waals surface area contributed by atoms with Crippen molar-refractivity contribution in [1.29, 1.82) is 0 Å². The third kappa shape index (κ3) is 9.55. The van der Waals surface area contributed by atoms with Crippen molar-refractivity contribution in [3.8, 4) is 16.2 Å². The Bertz CT molecular complexity index is 1750. The summed E-state index contributed by atoms with van der Waals surface area (Å²) in [6, 6.07) is 11.4. The normalized spacial score (nSPS) is 17.7. The lowest BCUT2D eigenvalue weighted by atomic mass is 10.0. The lowest BCUT2D eigenvalue weighted by molar-refractivity contribution is -0.156. The first-order chi connectivity index (χ1) is 24.7. The number of rotatable bonds is 15. The van der Waals surface area contributed by atoms with Crippen molar-refractivity contribution in [3.63, 3.8) is 0 Å². The Morgan fingerprint density at radius 2 is 1.87 bits per heavy atom. The van der Waals surface area contributed by atoms with E-state index in [0.29, 0.717) is 37.5 Å². The van der Waals surface area contributed by atoms with Crippen LogP contribution in [0.15, 0.2) is 48.0 Å². The third-order valence-electron chi connectivity index (χ3n) is 9.02. The molecule has 52 heavy (non-hydrogen) atoms. The molecule has 5 rings (SSSR count). The van der Waals surface area contributed by atoms with Crippen LogP contribution in [0.2, 0.25) is 0 Å². The molecule has 1 fully saturated rings. The predicted molar refractivity (Wildman–Crippen MR) is 197 cm³/mol. The van der Waals surface area contributed by atoms with Crippen LogP contribution in [0.25, 0.3) is 10.4 Å². The van der Waals surface area contributed by atoms with Crippen LogP contribution in [0.4, 0.5) is 0 Å². The predicted octanol–water partition coefficient (Wildman–Crippen LogP) is 4.89. The maximum atomic E-state index is 14.1. The molecule has 12 nitrogen and oxygen atoms in total. The molecular weight excluding hydrogens is 685 g/mol. The molecule has 3 amide bonds. The van der Waals surface area contributed by atoms with Gasteiger partial charge in [-0.05, 0) is 56.9 Å². The maximum Gasteiger partial charge on any atom is 0.308 e. The molecule has 2 aromatic carbocycles. The molecule has 0 bridgehead atoms. The van der Waals surface area contributed by atoms with Crippen molar-refractivity contribution in [1.82, 2.24) is 20.1 Å². The number of thiazole rings is 1. The summed E-state index contributed by atoms with van der Waals surface area (Å²) < 4.78 is 17.2. The fourth-order valence-corrected chi connectivity index (χ4v) is 7.41. The maximum absolute atomic E-state index is 14.1. The zero-order valence-electron chi connectivity index (χ0n) is 30.8. The monoisotopic (exact) mass is 734 g/mol. The summed E-state index contributed by atoms with van der Waals surface area (Å²) in [5.74, 6) is -0.892. The lowest BCUT2D eigenvalue weighted by Gasteiger charge is -2.35. The van der Waals surface area contributed by atoms with Crippen molar-refractivity contribution in [2.45, 2.75) is 97.7 Å². The number of amides is 3. The minimum atomic E-state index is -0.898. The van der Waals surface area contributed by atoms with Gasteiger partial charge in [0.05, 0.1) is 41.8 Å². The first-order valence-corrected chi connectivity index (χ1v) is 18.7. The van der Waals surface area contributed by atoms with E-state index in [1.807, 2.05) is 71.9 Å². The Morgan fingerprint density at radius 1 is 1.10 bits per heavy atom. The largest absolute Gasteiger partial charge is 0.493 e. The number of β-amino-alcohol motifs (C(OH)–C–C–N with tert-alkyl or cyclic N) is 1. The second kappa shape index (κ2) is 17.0. The summed E-state index contributed by atoms with van der Waals surface area (Å²) in [5, 5.41) is 13.6. The van der Waals surface area contributed by atoms with Crippen molar-refractivity contribution < 1.29 is 38.5 Å². The number of aliphatic hydroxyl groups is 1. The van der Waals surface area contributed by atoms with Gasteiger partial charge in [-0.1, -0.05) is 44.2 Å². The highest BCUT2D eigenvalue weighted by atomic mass is 32.1. The first-order valence-electron chi connectivity index (χ1n) is 17.8. The molecule has 13 heteroatoms. The van der Waals surface area contributed by atoms with Gasteiger partial charge in [-0.2, -0.15) is 0 Å². The van der Waals surface area contributed by atoms with E-state index >= 15 is 0 Å². The van der Waals surface area contributed by atoms with Gasteiger partial charge in [-0.3, -0.25) is 19.2 Å². The number of hydrogen-bond donors (Lipinski definition) is 2. The summed E-state index contributed by atoms with van der Waals surface area (Å²) in [7, 11) is 0. The fourth-order valence-electron chi connectivity index (χ4n) is 6.60. The van der Waals surface area contributed by atoms with Crippen molar-refractivity contribution in [2.75, 3.05) is 26.4 Å². The minimum Gasteiger partial charge on any atom is -0.493 e.